The Morgan fingerprint density at radius 2 is 2.33 bits per heavy atom. The van der Waals surface area contributed by atoms with Crippen LogP contribution in [0.25, 0.3) is 5.69 Å². The molecule has 0 bridgehead atoms. The zero-order valence-corrected chi connectivity index (χ0v) is 12.0. The van der Waals surface area contributed by atoms with Gasteiger partial charge in [0.1, 0.15) is 12.7 Å². The predicted molar refractivity (Wildman–Crippen MR) is 79.1 cm³/mol. The van der Waals surface area contributed by atoms with Crippen molar-refractivity contribution in [3.8, 4) is 5.69 Å². The number of hydrogen-bond acceptors (Lipinski definition) is 4. The van der Waals surface area contributed by atoms with Crippen molar-refractivity contribution in [1.29, 1.82) is 0 Å². The fourth-order valence-electron chi connectivity index (χ4n) is 2.50. The van der Waals surface area contributed by atoms with Gasteiger partial charge in [0.25, 0.3) is 5.91 Å². The van der Waals surface area contributed by atoms with Gasteiger partial charge < -0.3 is 11.1 Å². The predicted octanol–water partition coefficient (Wildman–Crippen LogP) is 1.04. The zero-order chi connectivity index (χ0) is 14.8. The summed E-state index contributed by atoms with van der Waals surface area (Å²) in [6, 6.07) is 5.71. The average Bonchev–Trinajstić information content (AvgIpc) is 3.18. The van der Waals surface area contributed by atoms with E-state index < -0.39 is 0 Å². The quantitative estimate of drug-likeness (QED) is 0.859. The number of amides is 1. The molecule has 1 aromatic carbocycles. The molecule has 1 saturated carbocycles. The summed E-state index contributed by atoms with van der Waals surface area (Å²) in [5.74, 6) is 0.494. The Morgan fingerprint density at radius 3 is 2.90 bits per heavy atom. The van der Waals surface area contributed by atoms with E-state index in [9.17, 15) is 4.79 Å². The first-order valence-corrected chi connectivity index (χ1v) is 7.15. The summed E-state index contributed by atoms with van der Waals surface area (Å²) in [6.45, 7) is 2.41. The van der Waals surface area contributed by atoms with Crippen LogP contribution in [0, 0.1) is 12.8 Å². The normalized spacial score (nSPS) is 15.7. The smallest absolute Gasteiger partial charge is 0.251 e. The van der Waals surface area contributed by atoms with Gasteiger partial charge in [0, 0.05) is 18.2 Å². The Bertz CT molecular complexity index is 634. The molecule has 6 heteroatoms. The first kappa shape index (κ1) is 13.8. The van der Waals surface area contributed by atoms with Crippen molar-refractivity contribution < 1.29 is 4.79 Å². The largest absolute Gasteiger partial charge is 0.348 e. The van der Waals surface area contributed by atoms with E-state index in [-0.39, 0.29) is 11.9 Å². The van der Waals surface area contributed by atoms with E-state index in [1.54, 1.807) is 11.0 Å². The van der Waals surface area contributed by atoms with Crippen molar-refractivity contribution in [2.24, 2.45) is 11.7 Å². The van der Waals surface area contributed by atoms with Crippen molar-refractivity contribution in [3.63, 3.8) is 0 Å². The molecule has 0 saturated heterocycles. The highest BCUT2D eigenvalue weighted by atomic mass is 16.1. The molecule has 1 aliphatic carbocycles. The van der Waals surface area contributed by atoms with Crippen molar-refractivity contribution in [2.45, 2.75) is 25.8 Å². The number of carbonyl (C=O) groups excluding carboxylic acids is 1. The van der Waals surface area contributed by atoms with Gasteiger partial charge in [-0.25, -0.2) is 9.67 Å². The van der Waals surface area contributed by atoms with Crippen LogP contribution in [0.4, 0.5) is 0 Å². The van der Waals surface area contributed by atoms with Crippen molar-refractivity contribution in [3.05, 3.63) is 42.0 Å². The number of nitrogens with two attached hydrogens (primary N) is 1. The van der Waals surface area contributed by atoms with Crippen LogP contribution in [0.5, 0.6) is 0 Å². The molecule has 3 N–H and O–H groups in total. The second kappa shape index (κ2) is 5.65. The van der Waals surface area contributed by atoms with Crippen LogP contribution in [-0.4, -0.2) is 33.3 Å². The van der Waals surface area contributed by atoms with Crippen LogP contribution in [0.2, 0.25) is 0 Å². The third kappa shape index (κ3) is 2.95. The molecule has 1 aliphatic rings. The molecule has 1 heterocycles. The number of aromatic nitrogens is 3. The molecule has 0 aliphatic heterocycles. The van der Waals surface area contributed by atoms with Gasteiger partial charge in [-0.05, 0) is 49.4 Å². The van der Waals surface area contributed by atoms with Gasteiger partial charge in [0.15, 0.2) is 0 Å². The SMILES string of the molecule is Cc1cc(-n2cncn2)ccc1C(=O)NC(CN)C1CC1. The molecular weight excluding hydrogens is 266 g/mol. The number of rotatable bonds is 5. The van der Waals surface area contributed by atoms with Gasteiger partial charge in [-0.15, -0.1) is 0 Å². The fraction of sp³-hybridized carbons (Fsp3) is 0.400. The summed E-state index contributed by atoms with van der Waals surface area (Å²) >= 11 is 0. The minimum Gasteiger partial charge on any atom is -0.348 e. The van der Waals surface area contributed by atoms with Crippen LogP contribution < -0.4 is 11.1 Å². The molecule has 2 aromatic rings. The highest BCUT2D eigenvalue weighted by molar-refractivity contribution is 5.96. The van der Waals surface area contributed by atoms with Crippen molar-refractivity contribution >= 4 is 5.91 Å². The van der Waals surface area contributed by atoms with E-state index in [1.807, 2.05) is 25.1 Å². The molecule has 1 unspecified atom stereocenters. The maximum atomic E-state index is 12.4. The number of nitrogens with zero attached hydrogens (tertiary/aromatic N) is 3. The second-order valence-electron chi connectivity index (χ2n) is 5.49. The molecular formula is C15H19N5O. The van der Waals surface area contributed by atoms with Gasteiger partial charge in [-0.2, -0.15) is 5.10 Å². The lowest BCUT2D eigenvalue weighted by atomic mass is 10.1. The van der Waals surface area contributed by atoms with Crippen molar-refractivity contribution in [2.75, 3.05) is 6.54 Å². The standard InChI is InChI=1S/C15H19N5O/c1-10-6-12(20-9-17-8-18-20)4-5-13(10)15(21)19-14(7-16)11-2-3-11/h4-6,8-9,11,14H,2-3,7,16H2,1H3,(H,19,21). The van der Waals surface area contributed by atoms with Crippen LogP contribution in [0.1, 0.15) is 28.8 Å². The minimum absolute atomic E-state index is 0.0556. The topological polar surface area (TPSA) is 85.8 Å². The first-order chi connectivity index (χ1) is 10.2. The maximum absolute atomic E-state index is 12.4. The molecule has 1 atom stereocenters. The average molecular weight is 285 g/mol. The summed E-state index contributed by atoms with van der Waals surface area (Å²) in [5, 5.41) is 7.12. The molecule has 0 radical (unpaired) electrons. The van der Waals surface area contributed by atoms with Gasteiger partial charge >= 0.3 is 0 Å². The van der Waals surface area contributed by atoms with E-state index >= 15 is 0 Å². The number of nitrogens with one attached hydrogen (secondary N) is 1. The van der Waals surface area contributed by atoms with E-state index in [0.717, 1.165) is 24.1 Å². The molecule has 110 valence electrons. The second-order valence-corrected chi connectivity index (χ2v) is 5.49. The Labute approximate surface area is 123 Å². The molecule has 3 rings (SSSR count). The number of hydrogen-bond donors (Lipinski definition) is 2. The third-order valence-electron chi connectivity index (χ3n) is 3.90. The molecule has 0 spiro atoms. The Balaban J connectivity index is 1.77. The first-order valence-electron chi connectivity index (χ1n) is 7.15. The Hall–Kier alpha value is -2.21. The summed E-state index contributed by atoms with van der Waals surface area (Å²) in [7, 11) is 0. The summed E-state index contributed by atoms with van der Waals surface area (Å²) in [6.07, 6.45) is 5.43. The van der Waals surface area contributed by atoms with Crippen LogP contribution in [-0.2, 0) is 0 Å². The van der Waals surface area contributed by atoms with Crippen LogP contribution in [0.3, 0.4) is 0 Å². The van der Waals surface area contributed by atoms with Gasteiger partial charge in [-0.3, -0.25) is 4.79 Å². The van der Waals surface area contributed by atoms with E-state index in [4.69, 9.17) is 5.73 Å². The lowest BCUT2D eigenvalue weighted by molar-refractivity contribution is 0.0933. The summed E-state index contributed by atoms with van der Waals surface area (Å²) in [4.78, 5) is 16.3. The van der Waals surface area contributed by atoms with Crippen molar-refractivity contribution in [1.82, 2.24) is 20.1 Å². The Morgan fingerprint density at radius 1 is 1.52 bits per heavy atom. The fourth-order valence-corrected chi connectivity index (χ4v) is 2.50. The Kier molecular flexibility index (Phi) is 3.70. The van der Waals surface area contributed by atoms with Gasteiger partial charge in [0.05, 0.1) is 5.69 Å². The van der Waals surface area contributed by atoms with Crippen LogP contribution >= 0.6 is 0 Å². The van der Waals surface area contributed by atoms with E-state index in [2.05, 4.69) is 15.4 Å². The molecule has 1 aromatic heterocycles. The minimum atomic E-state index is -0.0556. The number of benzene rings is 1. The van der Waals surface area contributed by atoms with Gasteiger partial charge in [0.2, 0.25) is 0 Å². The maximum Gasteiger partial charge on any atom is 0.251 e. The molecule has 6 nitrogen and oxygen atoms in total. The molecule has 1 fully saturated rings. The highest BCUT2D eigenvalue weighted by Crippen LogP contribution is 2.32. The summed E-state index contributed by atoms with van der Waals surface area (Å²) in [5.41, 5.74) is 8.21. The zero-order valence-electron chi connectivity index (χ0n) is 12.0. The van der Waals surface area contributed by atoms with E-state index in [1.165, 1.54) is 6.33 Å². The van der Waals surface area contributed by atoms with E-state index in [0.29, 0.717) is 18.0 Å². The van der Waals surface area contributed by atoms with Gasteiger partial charge in [-0.1, -0.05) is 0 Å². The monoisotopic (exact) mass is 285 g/mol. The lowest BCUT2D eigenvalue weighted by Gasteiger charge is -2.17. The highest BCUT2D eigenvalue weighted by Gasteiger charge is 2.31. The third-order valence-corrected chi connectivity index (χ3v) is 3.90. The van der Waals surface area contributed by atoms with Crippen LogP contribution in [0.15, 0.2) is 30.9 Å². The lowest BCUT2D eigenvalue weighted by Crippen LogP contribution is -2.41. The summed E-state index contributed by atoms with van der Waals surface area (Å²) < 4.78 is 1.67. The molecule has 1 amide bonds. The number of aryl methyl sites for hydroxylation is 1. The molecule has 21 heavy (non-hydrogen) atoms. The number of carbonyl (C=O) groups is 1.